The van der Waals surface area contributed by atoms with Gasteiger partial charge < -0.3 is 19.3 Å². The highest BCUT2D eigenvalue weighted by atomic mass is 32.1. The van der Waals surface area contributed by atoms with E-state index < -0.39 is 0 Å². The topological polar surface area (TPSA) is 51.9 Å². The molecule has 3 aromatic rings. The van der Waals surface area contributed by atoms with E-state index in [4.69, 9.17) is 19.4 Å². The van der Waals surface area contributed by atoms with Gasteiger partial charge >= 0.3 is 0 Å². The maximum absolute atomic E-state index is 5.54. The molecular weight excluding hydrogens is 396 g/mol. The van der Waals surface area contributed by atoms with Gasteiger partial charge in [-0.3, -0.25) is 0 Å². The van der Waals surface area contributed by atoms with Gasteiger partial charge in [-0.05, 0) is 56.4 Å². The predicted molar refractivity (Wildman–Crippen MR) is 118 cm³/mol. The molecule has 0 radical (unpaired) electrons. The maximum Gasteiger partial charge on any atom is 0.231 e. The molecule has 1 saturated heterocycles. The summed E-state index contributed by atoms with van der Waals surface area (Å²) in [6.07, 6.45) is 5.00. The fourth-order valence-electron chi connectivity index (χ4n) is 5.02. The summed E-state index contributed by atoms with van der Waals surface area (Å²) >= 11 is 1.90. The van der Waals surface area contributed by atoms with Crippen molar-refractivity contribution in [2.24, 2.45) is 0 Å². The monoisotopic (exact) mass is 423 g/mol. The minimum absolute atomic E-state index is 0.337. The first-order valence-electron chi connectivity index (χ1n) is 11.0. The highest BCUT2D eigenvalue weighted by Gasteiger charge is 2.27. The standard InChI is InChI=1S/C23H26N4O2S/c1-15-24-22(21-17-4-2-3-5-20(17)30-23(21)25-15)27-10-8-26(9-11-27)13-16-6-7-18-19(12-16)29-14-28-18/h6-7,12H,2-5,8-11,13-14H2,1H3/p+1. The van der Waals surface area contributed by atoms with E-state index in [0.717, 1.165) is 50.0 Å². The lowest BCUT2D eigenvalue weighted by atomic mass is 9.97. The first-order chi connectivity index (χ1) is 14.7. The average Bonchev–Trinajstić information content (AvgIpc) is 3.37. The molecule has 1 fully saturated rings. The molecule has 1 aromatic carbocycles. The third kappa shape index (κ3) is 3.20. The number of nitrogens with zero attached hydrogens (tertiary/aromatic N) is 3. The molecule has 156 valence electrons. The lowest BCUT2D eigenvalue weighted by Crippen LogP contribution is -3.13. The van der Waals surface area contributed by atoms with E-state index in [-0.39, 0.29) is 0 Å². The summed E-state index contributed by atoms with van der Waals surface area (Å²) in [5, 5.41) is 1.35. The third-order valence-electron chi connectivity index (χ3n) is 6.57. The van der Waals surface area contributed by atoms with E-state index in [1.807, 2.05) is 24.3 Å². The van der Waals surface area contributed by atoms with Crippen LogP contribution in [0.5, 0.6) is 11.5 Å². The van der Waals surface area contributed by atoms with Gasteiger partial charge in [0.2, 0.25) is 6.79 Å². The first-order valence-corrected chi connectivity index (χ1v) is 11.8. The highest BCUT2D eigenvalue weighted by Crippen LogP contribution is 2.39. The number of anilines is 1. The number of rotatable bonds is 3. The van der Waals surface area contributed by atoms with E-state index in [0.29, 0.717) is 6.79 Å². The van der Waals surface area contributed by atoms with Gasteiger partial charge in [-0.2, -0.15) is 0 Å². The molecule has 0 saturated carbocycles. The molecule has 3 aliphatic rings. The minimum atomic E-state index is 0.337. The molecule has 0 bridgehead atoms. The number of aromatic nitrogens is 2. The Bertz CT molecular complexity index is 1100. The SMILES string of the molecule is Cc1nc(N2CC[NH+](Cc3ccc4c(c3)OCO4)CC2)c2c3c(sc2n1)CCCC3. The minimum Gasteiger partial charge on any atom is -0.454 e. The molecule has 4 heterocycles. The van der Waals surface area contributed by atoms with Crippen LogP contribution >= 0.6 is 11.3 Å². The van der Waals surface area contributed by atoms with Crippen LogP contribution in [0.1, 0.15) is 34.7 Å². The van der Waals surface area contributed by atoms with Gasteiger partial charge in [0, 0.05) is 10.4 Å². The molecule has 1 N–H and O–H groups in total. The van der Waals surface area contributed by atoms with Crippen LogP contribution in [0.15, 0.2) is 18.2 Å². The Morgan fingerprint density at radius 2 is 1.90 bits per heavy atom. The maximum atomic E-state index is 5.54. The van der Waals surface area contributed by atoms with Gasteiger partial charge in [-0.25, -0.2) is 9.97 Å². The van der Waals surface area contributed by atoms with Crippen LogP contribution in [0.4, 0.5) is 5.82 Å². The van der Waals surface area contributed by atoms with Gasteiger partial charge in [0.05, 0.1) is 31.6 Å². The molecule has 2 aliphatic heterocycles. The lowest BCUT2D eigenvalue weighted by molar-refractivity contribution is -0.914. The summed E-state index contributed by atoms with van der Waals surface area (Å²) in [6, 6.07) is 6.34. The second kappa shape index (κ2) is 7.39. The summed E-state index contributed by atoms with van der Waals surface area (Å²) in [6.45, 7) is 7.70. The zero-order valence-electron chi connectivity index (χ0n) is 17.4. The van der Waals surface area contributed by atoms with Crippen LogP contribution in [0.2, 0.25) is 0 Å². The van der Waals surface area contributed by atoms with Gasteiger partial charge in [0.1, 0.15) is 23.0 Å². The number of thiophene rings is 1. The number of aryl methyl sites for hydroxylation is 3. The number of hydrogen-bond donors (Lipinski definition) is 1. The van der Waals surface area contributed by atoms with Crippen molar-refractivity contribution in [2.45, 2.75) is 39.2 Å². The van der Waals surface area contributed by atoms with Crippen LogP contribution in [0.3, 0.4) is 0 Å². The average molecular weight is 424 g/mol. The predicted octanol–water partition coefficient (Wildman–Crippen LogP) is 2.51. The van der Waals surface area contributed by atoms with Crippen LogP contribution in [-0.4, -0.2) is 42.9 Å². The molecule has 30 heavy (non-hydrogen) atoms. The van der Waals surface area contributed by atoms with Crippen LogP contribution in [0, 0.1) is 6.92 Å². The molecule has 6 rings (SSSR count). The summed E-state index contributed by atoms with van der Waals surface area (Å²) in [5.41, 5.74) is 2.85. The molecule has 0 spiro atoms. The number of benzene rings is 1. The molecule has 0 amide bonds. The van der Waals surface area contributed by atoms with E-state index >= 15 is 0 Å². The quantitative estimate of drug-likeness (QED) is 0.702. The second-order valence-electron chi connectivity index (χ2n) is 8.59. The largest absolute Gasteiger partial charge is 0.454 e. The molecule has 6 nitrogen and oxygen atoms in total. The number of nitrogens with one attached hydrogen (secondary N) is 1. The Labute approximate surface area is 180 Å². The van der Waals surface area contributed by atoms with E-state index in [2.05, 4.69) is 17.0 Å². The smallest absolute Gasteiger partial charge is 0.231 e. The van der Waals surface area contributed by atoms with Crippen LogP contribution in [0.25, 0.3) is 10.2 Å². The summed E-state index contributed by atoms with van der Waals surface area (Å²) in [7, 11) is 0. The zero-order valence-corrected chi connectivity index (χ0v) is 18.2. The Balaban J connectivity index is 1.21. The van der Waals surface area contributed by atoms with Crippen molar-refractivity contribution in [1.82, 2.24) is 9.97 Å². The van der Waals surface area contributed by atoms with Crippen LogP contribution < -0.4 is 19.3 Å². The van der Waals surface area contributed by atoms with Crippen molar-refractivity contribution in [3.05, 3.63) is 40.0 Å². The Morgan fingerprint density at radius 3 is 2.80 bits per heavy atom. The normalized spacial score (nSPS) is 18.8. The number of quaternary nitrogens is 1. The fraction of sp³-hybridized carbons (Fsp3) is 0.478. The van der Waals surface area contributed by atoms with E-state index in [9.17, 15) is 0 Å². The van der Waals surface area contributed by atoms with Crippen molar-refractivity contribution in [1.29, 1.82) is 0 Å². The molecule has 0 unspecified atom stereocenters. The van der Waals surface area contributed by atoms with Crippen molar-refractivity contribution in [2.75, 3.05) is 37.9 Å². The van der Waals surface area contributed by atoms with Crippen molar-refractivity contribution in [3.63, 3.8) is 0 Å². The number of piperazine rings is 1. The van der Waals surface area contributed by atoms with Gasteiger partial charge in [0.25, 0.3) is 0 Å². The number of fused-ring (bicyclic) bond motifs is 4. The lowest BCUT2D eigenvalue weighted by Gasteiger charge is -2.33. The van der Waals surface area contributed by atoms with Crippen molar-refractivity contribution >= 4 is 27.4 Å². The number of ether oxygens (including phenoxy) is 2. The molecule has 0 atom stereocenters. The Kier molecular flexibility index (Phi) is 4.53. The molecule has 7 heteroatoms. The number of hydrogen-bond acceptors (Lipinski definition) is 6. The van der Waals surface area contributed by atoms with E-state index in [1.165, 1.54) is 52.8 Å². The highest BCUT2D eigenvalue weighted by molar-refractivity contribution is 7.19. The van der Waals surface area contributed by atoms with Crippen molar-refractivity contribution in [3.8, 4) is 11.5 Å². The molecular formula is C23H27N4O2S+. The summed E-state index contributed by atoms with van der Waals surface area (Å²) in [5.74, 6) is 3.82. The second-order valence-corrected chi connectivity index (χ2v) is 9.67. The summed E-state index contributed by atoms with van der Waals surface area (Å²) < 4.78 is 11.0. The van der Waals surface area contributed by atoms with Gasteiger partial charge in [0.15, 0.2) is 11.5 Å². The molecule has 2 aromatic heterocycles. The third-order valence-corrected chi connectivity index (χ3v) is 7.75. The first kappa shape index (κ1) is 18.4. The Hall–Kier alpha value is -2.38. The zero-order chi connectivity index (χ0) is 20.1. The van der Waals surface area contributed by atoms with E-state index in [1.54, 1.807) is 9.78 Å². The summed E-state index contributed by atoms with van der Waals surface area (Å²) in [4.78, 5) is 16.6. The van der Waals surface area contributed by atoms with Gasteiger partial charge in [-0.15, -0.1) is 11.3 Å². The van der Waals surface area contributed by atoms with Crippen molar-refractivity contribution < 1.29 is 14.4 Å². The molecule has 1 aliphatic carbocycles. The fourth-order valence-corrected chi connectivity index (χ4v) is 6.32. The van der Waals surface area contributed by atoms with Gasteiger partial charge in [-0.1, -0.05) is 0 Å². The Morgan fingerprint density at radius 1 is 1.07 bits per heavy atom. The van der Waals surface area contributed by atoms with Crippen LogP contribution in [-0.2, 0) is 19.4 Å².